The van der Waals surface area contributed by atoms with Crippen LogP contribution in [0, 0.1) is 0 Å². The van der Waals surface area contributed by atoms with E-state index in [4.69, 9.17) is 0 Å². The van der Waals surface area contributed by atoms with Gasteiger partial charge in [-0.05, 0) is 61.8 Å². The second kappa shape index (κ2) is 7.99. The quantitative estimate of drug-likeness (QED) is 0.878. The van der Waals surface area contributed by atoms with Crippen molar-refractivity contribution >= 4 is 21.8 Å². The lowest BCUT2D eigenvalue weighted by atomic mass is 10.2. The number of hydrogen-bond donors (Lipinski definition) is 1. The number of rotatable bonds is 5. The third kappa shape index (κ3) is 4.85. The zero-order valence-electron chi connectivity index (χ0n) is 13.1. The monoisotopic (exact) mass is 355 g/mol. The van der Waals surface area contributed by atoms with Crippen molar-refractivity contribution in [2.24, 2.45) is 0 Å². The van der Waals surface area contributed by atoms with Crippen molar-refractivity contribution in [3.8, 4) is 0 Å². The molecule has 0 atom stereocenters. The highest BCUT2D eigenvalue weighted by Gasteiger charge is 2.15. The van der Waals surface area contributed by atoms with E-state index in [1.165, 1.54) is 38.8 Å². The van der Waals surface area contributed by atoms with Gasteiger partial charge in [0.2, 0.25) is 0 Å². The minimum absolute atomic E-state index is 0.0178. The van der Waals surface area contributed by atoms with E-state index in [1.807, 2.05) is 16.8 Å². The van der Waals surface area contributed by atoms with Crippen LogP contribution in [0.15, 0.2) is 16.7 Å². The molecule has 118 valence electrons. The first-order valence-electron chi connectivity index (χ1n) is 7.96. The molecule has 1 aliphatic rings. The normalized spacial score (nSPS) is 17.0. The molecule has 1 saturated heterocycles. The Morgan fingerprint density at radius 2 is 1.95 bits per heavy atom. The van der Waals surface area contributed by atoms with Gasteiger partial charge in [-0.15, -0.1) is 0 Å². The highest BCUT2D eigenvalue weighted by Crippen LogP contribution is 2.19. The zero-order valence-corrected chi connectivity index (χ0v) is 14.7. The highest BCUT2D eigenvalue weighted by molar-refractivity contribution is 9.10. The number of aromatic nitrogens is 1. The summed E-state index contributed by atoms with van der Waals surface area (Å²) in [5.41, 5.74) is 0.729. The van der Waals surface area contributed by atoms with E-state index >= 15 is 0 Å². The number of hydrogen-bond acceptors (Lipinski definition) is 2. The average molecular weight is 356 g/mol. The number of halogens is 1. The minimum Gasteiger partial charge on any atom is -0.349 e. The topological polar surface area (TPSA) is 37.3 Å². The standard InChI is InChI=1S/C16H26BrN3O/c1-13(2)20-12-14(17)11-15(20)16(21)18-7-10-19-8-5-3-4-6-9-19/h11-13H,3-10H2,1-2H3,(H,18,21). The lowest BCUT2D eigenvalue weighted by Crippen LogP contribution is -2.36. The number of amides is 1. The summed E-state index contributed by atoms with van der Waals surface area (Å²) in [6.45, 7) is 8.18. The van der Waals surface area contributed by atoms with Crippen LogP contribution in [-0.4, -0.2) is 41.6 Å². The van der Waals surface area contributed by atoms with Gasteiger partial charge in [0.1, 0.15) is 5.69 Å². The van der Waals surface area contributed by atoms with Crippen molar-refractivity contribution < 1.29 is 4.79 Å². The van der Waals surface area contributed by atoms with Gasteiger partial charge in [-0.25, -0.2) is 0 Å². The summed E-state index contributed by atoms with van der Waals surface area (Å²) < 4.78 is 2.96. The van der Waals surface area contributed by atoms with Crippen molar-refractivity contribution in [1.82, 2.24) is 14.8 Å². The molecule has 0 aliphatic carbocycles. The molecule has 0 aromatic carbocycles. The van der Waals surface area contributed by atoms with Gasteiger partial charge in [0.25, 0.3) is 5.91 Å². The van der Waals surface area contributed by atoms with E-state index in [-0.39, 0.29) is 11.9 Å². The summed E-state index contributed by atoms with van der Waals surface area (Å²) in [5.74, 6) is 0.0178. The molecule has 0 spiro atoms. The number of carbonyl (C=O) groups excluding carboxylic acids is 1. The third-order valence-electron chi connectivity index (χ3n) is 4.02. The second-order valence-electron chi connectivity index (χ2n) is 6.06. The van der Waals surface area contributed by atoms with E-state index in [1.54, 1.807) is 0 Å². The Morgan fingerprint density at radius 1 is 1.29 bits per heavy atom. The number of nitrogens with one attached hydrogen (secondary N) is 1. The van der Waals surface area contributed by atoms with E-state index < -0.39 is 0 Å². The molecule has 0 radical (unpaired) electrons. The fourth-order valence-corrected chi connectivity index (χ4v) is 3.27. The van der Waals surface area contributed by atoms with Gasteiger partial charge in [-0.2, -0.15) is 0 Å². The van der Waals surface area contributed by atoms with Gasteiger partial charge >= 0.3 is 0 Å². The summed E-state index contributed by atoms with van der Waals surface area (Å²) in [7, 11) is 0. The zero-order chi connectivity index (χ0) is 15.2. The molecule has 21 heavy (non-hydrogen) atoms. The Hall–Kier alpha value is -0.810. The van der Waals surface area contributed by atoms with Crippen LogP contribution in [0.1, 0.15) is 56.1 Å². The molecular weight excluding hydrogens is 330 g/mol. The third-order valence-corrected chi connectivity index (χ3v) is 4.45. The van der Waals surface area contributed by atoms with Crippen molar-refractivity contribution in [2.45, 2.75) is 45.6 Å². The Labute approximate surface area is 136 Å². The minimum atomic E-state index is 0.0178. The molecule has 2 heterocycles. The molecule has 0 bridgehead atoms. The van der Waals surface area contributed by atoms with Crippen molar-refractivity contribution in [3.05, 3.63) is 22.4 Å². The number of nitrogens with zero attached hydrogens (tertiary/aromatic N) is 2. The van der Waals surface area contributed by atoms with Crippen LogP contribution in [0.2, 0.25) is 0 Å². The SMILES string of the molecule is CC(C)n1cc(Br)cc1C(=O)NCCN1CCCCCC1. The molecule has 2 rings (SSSR count). The highest BCUT2D eigenvalue weighted by atomic mass is 79.9. The molecule has 0 saturated carbocycles. The van der Waals surface area contributed by atoms with Crippen molar-refractivity contribution in [2.75, 3.05) is 26.2 Å². The van der Waals surface area contributed by atoms with Gasteiger partial charge in [0.05, 0.1) is 0 Å². The lowest BCUT2D eigenvalue weighted by Gasteiger charge is -2.20. The van der Waals surface area contributed by atoms with Crippen LogP contribution in [0.25, 0.3) is 0 Å². The average Bonchev–Trinajstić information content (AvgIpc) is 2.67. The Balaban J connectivity index is 1.84. The largest absolute Gasteiger partial charge is 0.349 e. The van der Waals surface area contributed by atoms with E-state index in [0.717, 1.165) is 23.3 Å². The summed E-state index contributed by atoms with van der Waals surface area (Å²) in [6.07, 6.45) is 7.24. The van der Waals surface area contributed by atoms with Crippen LogP contribution in [-0.2, 0) is 0 Å². The molecule has 0 unspecified atom stereocenters. The first-order chi connectivity index (χ1) is 10.1. The van der Waals surface area contributed by atoms with Gasteiger partial charge in [0.15, 0.2) is 0 Å². The van der Waals surface area contributed by atoms with Crippen LogP contribution in [0.4, 0.5) is 0 Å². The maximum atomic E-state index is 12.3. The van der Waals surface area contributed by atoms with Gasteiger partial charge in [-0.1, -0.05) is 12.8 Å². The number of carbonyl (C=O) groups is 1. The second-order valence-corrected chi connectivity index (χ2v) is 6.97. The first-order valence-corrected chi connectivity index (χ1v) is 8.75. The van der Waals surface area contributed by atoms with Crippen LogP contribution < -0.4 is 5.32 Å². The Bertz CT molecular complexity index is 462. The van der Waals surface area contributed by atoms with Crippen LogP contribution in [0.3, 0.4) is 0 Å². The molecule has 1 aromatic heterocycles. The molecule has 1 aromatic rings. The molecule has 1 fully saturated rings. The molecule has 4 nitrogen and oxygen atoms in total. The predicted octanol–water partition coefficient (Wildman–Crippen LogP) is 3.44. The summed E-state index contributed by atoms with van der Waals surface area (Å²) in [4.78, 5) is 14.8. The maximum absolute atomic E-state index is 12.3. The summed E-state index contributed by atoms with van der Waals surface area (Å²) in [5, 5.41) is 3.05. The van der Waals surface area contributed by atoms with Gasteiger partial charge in [0, 0.05) is 29.8 Å². The van der Waals surface area contributed by atoms with Crippen LogP contribution in [0.5, 0.6) is 0 Å². The first kappa shape index (κ1) is 16.6. The molecule has 1 N–H and O–H groups in total. The van der Waals surface area contributed by atoms with Gasteiger partial charge < -0.3 is 14.8 Å². The summed E-state index contributed by atoms with van der Waals surface area (Å²) in [6, 6.07) is 2.17. The summed E-state index contributed by atoms with van der Waals surface area (Å²) >= 11 is 3.45. The molecule has 5 heteroatoms. The Kier molecular flexibility index (Phi) is 6.30. The fraction of sp³-hybridized carbons (Fsp3) is 0.688. The van der Waals surface area contributed by atoms with E-state index in [9.17, 15) is 4.79 Å². The predicted molar refractivity (Wildman–Crippen MR) is 89.8 cm³/mol. The maximum Gasteiger partial charge on any atom is 0.268 e. The number of likely N-dealkylation sites (tertiary alicyclic amines) is 1. The molecule has 1 amide bonds. The van der Waals surface area contributed by atoms with E-state index in [0.29, 0.717) is 0 Å². The Morgan fingerprint density at radius 3 is 2.57 bits per heavy atom. The van der Waals surface area contributed by atoms with Crippen LogP contribution >= 0.6 is 15.9 Å². The van der Waals surface area contributed by atoms with Gasteiger partial charge in [-0.3, -0.25) is 4.79 Å². The van der Waals surface area contributed by atoms with E-state index in [2.05, 4.69) is 40.0 Å². The van der Waals surface area contributed by atoms with Crippen molar-refractivity contribution in [3.63, 3.8) is 0 Å². The van der Waals surface area contributed by atoms with Crippen molar-refractivity contribution in [1.29, 1.82) is 0 Å². The smallest absolute Gasteiger partial charge is 0.268 e. The molecular formula is C16H26BrN3O. The molecule has 1 aliphatic heterocycles. The fourth-order valence-electron chi connectivity index (χ4n) is 2.83. The lowest BCUT2D eigenvalue weighted by molar-refractivity contribution is 0.0937.